The van der Waals surface area contributed by atoms with Gasteiger partial charge in [0.2, 0.25) is 5.91 Å². The quantitative estimate of drug-likeness (QED) is 0.667. The van der Waals surface area contributed by atoms with Crippen molar-refractivity contribution in [2.45, 2.75) is 19.9 Å². The Kier molecular flexibility index (Phi) is 4.25. The van der Waals surface area contributed by atoms with Crippen LogP contribution in [-0.2, 0) is 4.79 Å². The van der Waals surface area contributed by atoms with Crippen LogP contribution in [0.15, 0.2) is 0 Å². The van der Waals surface area contributed by atoms with Crippen molar-refractivity contribution in [1.29, 1.82) is 0 Å². The van der Waals surface area contributed by atoms with Gasteiger partial charge in [-0.1, -0.05) is 0 Å². The van der Waals surface area contributed by atoms with Crippen LogP contribution in [0, 0.1) is 0 Å². The molecule has 5 heteroatoms. The topological polar surface area (TPSA) is 49.4 Å². The molecule has 0 aliphatic carbocycles. The van der Waals surface area contributed by atoms with Crippen LogP contribution < -0.4 is 5.32 Å². The van der Waals surface area contributed by atoms with Gasteiger partial charge in [0.15, 0.2) is 0 Å². The normalized spacial score (nSPS) is 12.0. The van der Waals surface area contributed by atoms with Crippen LogP contribution in [0.2, 0.25) is 0 Å². The smallest absolute Gasteiger partial charge is 0.322 e. The Morgan fingerprint density at radius 1 is 1.58 bits per heavy atom. The summed E-state index contributed by atoms with van der Waals surface area (Å²) in [6.45, 7) is 2.16. The van der Waals surface area contributed by atoms with Gasteiger partial charge in [-0.3, -0.25) is 10.1 Å². The van der Waals surface area contributed by atoms with Crippen molar-refractivity contribution < 1.29 is 14.0 Å². The molecule has 0 saturated carbocycles. The number of amides is 3. The van der Waals surface area contributed by atoms with Crippen LogP contribution in [0.4, 0.5) is 9.18 Å². The van der Waals surface area contributed by atoms with E-state index in [1.807, 2.05) is 5.32 Å². The van der Waals surface area contributed by atoms with E-state index in [1.54, 1.807) is 6.92 Å². The van der Waals surface area contributed by atoms with Gasteiger partial charge < -0.3 is 4.90 Å². The van der Waals surface area contributed by atoms with E-state index in [1.165, 1.54) is 14.0 Å². The number of hydrogen-bond acceptors (Lipinski definition) is 2. The lowest BCUT2D eigenvalue weighted by Crippen LogP contribution is -2.44. The Morgan fingerprint density at radius 3 is 2.42 bits per heavy atom. The van der Waals surface area contributed by atoms with E-state index in [-0.39, 0.29) is 0 Å². The van der Waals surface area contributed by atoms with Crippen LogP contribution in [0.5, 0.6) is 0 Å². The standard InChI is InChI=1S/C7H13FN2O2/c1-5(4-8)10(3)7(12)9-6(2)11/h5H,4H2,1-3H3,(H,9,11,12). The highest BCUT2D eigenvalue weighted by Gasteiger charge is 2.15. The summed E-state index contributed by atoms with van der Waals surface area (Å²) < 4.78 is 12.0. The molecule has 1 atom stereocenters. The number of nitrogens with zero attached hydrogens (tertiary/aromatic N) is 1. The molecule has 0 radical (unpaired) electrons. The van der Waals surface area contributed by atoms with Gasteiger partial charge in [0, 0.05) is 14.0 Å². The number of halogens is 1. The van der Waals surface area contributed by atoms with Crippen molar-refractivity contribution in [2.75, 3.05) is 13.7 Å². The Hall–Kier alpha value is -1.13. The summed E-state index contributed by atoms with van der Waals surface area (Å²) in [5, 5.41) is 2.04. The first-order valence-corrected chi connectivity index (χ1v) is 3.59. The molecule has 0 aliphatic rings. The SMILES string of the molecule is CC(=O)NC(=O)N(C)C(C)CF. The van der Waals surface area contributed by atoms with Gasteiger partial charge in [0.1, 0.15) is 6.67 Å². The summed E-state index contributed by atoms with van der Waals surface area (Å²) >= 11 is 0. The number of carbonyl (C=O) groups excluding carboxylic acids is 2. The van der Waals surface area contributed by atoms with Crippen molar-refractivity contribution in [2.24, 2.45) is 0 Å². The Morgan fingerprint density at radius 2 is 2.08 bits per heavy atom. The second-order valence-corrected chi connectivity index (χ2v) is 2.60. The minimum Gasteiger partial charge on any atom is -0.322 e. The molecule has 0 rings (SSSR count). The van der Waals surface area contributed by atoms with Crippen LogP contribution >= 0.6 is 0 Å². The van der Waals surface area contributed by atoms with Crippen LogP contribution in [0.3, 0.4) is 0 Å². The number of urea groups is 1. The molecule has 0 aromatic carbocycles. The van der Waals surface area contributed by atoms with E-state index < -0.39 is 24.7 Å². The summed E-state index contributed by atoms with van der Waals surface area (Å²) in [5.41, 5.74) is 0. The number of imide groups is 1. The number of alkyl halides is 1. The van der Waals surface area contributed by atoms with E-state index >= 15 is 0 Å². The van der Waals surface area contributed by atoms with Gasteiger partial charge in [-0.25, -0.2) is 9.18 Å². The number of carbonyl (C=O) groups is 2. The molecular formula is C7H13FN2O2. The third-order valence-corrected chi connectivity index (χ3v) is 1.49. The predicted molar refractivity (Wildman–Crippen MR) is 42.4 cm³/mol. The maximum atomic E-state index is 12.0. The molecule has 0 saturated heterocycles. The maximum Gasteiger partial charge on any atom is 0.324 e. The van der Waals surface area contributed by atoms with Gasteiger partial charge >= 0.3 is 6.03 Å². The van der Waals surface area contributed by atoms with Gasteiger partial charge in [-0.05, 0) is 6.92 Å². The number of nitrogens with one attached hydrogen (secondary N) is 1. The van der Waals surface area contributed by atoms with E-state index in [9.17, 15) is 14.0 Å². The first-order valence-electron chi connectivity index (χ1n) is 3.59. The minimum absolute atomic E-state index is 0.446. The molecule has 4 nitrogen and oxygen atoms in total. The first kappa shape index (κ1) is 10.9. The van der Waals surface area contributed by atoms with Gasteiger partial charge in [0.05, 0.1) is 6.04 Å². The van der Waals surface area contributed by atoms with Crippen molar-refractivity contribution >= 4 is 11.9 Å². The lowest BCUT2D eigenvalue weighted by Gasteiger charge is -2.21. The fourth-order valence-electron chi connectivity index (χ4n) is 0.542. The maximum absolute atomic E-state index is 12.0. The second-order valence-electron chi connectivity index (χ2n) is 2.60. The molecule has 0 fully saturated rings. The predicted octanol–water partition coefficient (Wildman–Crippen LogP) is 0.532. The molecule has 1 unspecified atom stereocenters. The Bertz CT molecular complexity index is 184. The molecule has 70 valence electrons. The molecule has 0 bridgehead atoms. The molecule has 0 spiro atoms. The summed E-state index contributed by atoms with van der Waals surface area (Å²) in [7, 11) is 1.43. The van der Waals surface area contributed by atoms with Crippen LogP contribution in [-0.4, -0.2) is 36.6 Å². The van der Waals surface area contributed by atoms with Gasteiger partial charge in [-0.15, -0.1) is 0 Å². The molecular weight excluding hydrogens is 163 g/mol. The first-order chi connectivity index (χ1) is 5.49. The highest BCUT2D eigenvalue weighted by atomic mass is 19.1. The van der Waals surface area contributed by atoms with Crippen molar-refractivity contribution in [3.63, 3.8) is 0 Å². The summed E-state index contributed by atoms with van der Waals surface area (Å²) in [6.07, 6.45) is 0. The Labute approximate surface area is 70.7 Å². The van der Waals surface area contributed by atoms with Crippen molar-refractivity contribution in [1.82, 2.24) is 10.2 Å². The molecule has 0 aromatic heterocycles. The lowest BCUT2D eigenvalue weighted by molar-refractivity contribution is -0.118. The van der Waals surface area contributed by atoms with Crippen molar-refractivity contribution in [3.8, 4) is 0 Å². The fraction of sp³-hybridized carbons (Fsp3) is 0.714. The van der Waals surface area contributed by atoms with Crippen LogP contribution in [0.25, 0.3) is 0 Å². The van der Waals surface area contributed by atoms with E-state index in [0.29, 0.717) is 0 Å². The minimum atomic E-state index is -0.623. The summed E-state index contributed by atoms with van der Waals surface area (Å²) in [6, 6.07) is -1.09. The van der Waals surface area contributed by atoms with Gasteiger partial charge in [-0.2, -0.15) is 0 Å². The average Bonchev–Trinajstić information content (AvgIpc) is 2.00. The monoisotopic (exact) mass is 176 g/mol. The molecule has 12 heavy (non-hydrogen) atoms. The number of hydrogen-bond donors (Lipinski definition) is 1. The van der Waals surface area contributed by atoms with E-state index in [0.717, 1.165) is 4.90 Å². The van der Waals surface area contributed by atoms with Crippen LogP contribution in [0.1, 0.15) is 13.8 Å². The Balaban J connectivity index is 4.01. The zero-order valence-corrected chi connectivity index (χ0v) is 7.43. The highest BCUT2D eigenvalue weighted by molar-refractivity contribution is 5.92. The van der Waals surface area contributed by atoms with Gasteiger partial charge in [0.25, 0.3) is 0 Å². The molecule has 1 N–H and O–H groups in total. The third kappa shape index (κ3) is 3.32. The van der Waals surface area contributed by atoms with E-state index in [4.69, 9.17) is 0 Å². The zero-order chi connectivity index (χ0) is 9.72. The molecule has 3 amide bonds. The highest BCUT2D eigenvalue weighted by Crippen LogP contribution is 1.95. The fourth-order valence-corrected chi connectivity index (χ4v) is 0.542. The zero-order valence-electron chi connectivity index (χ0n) is 7.43. The summed E-state index contributed by atoms with van der Waals surface area (Å²) in [4.78, 5) is 22.5. The largest absolute Gasteiger partial charge is 0.324 e. The molecule has 0 aromatic rings. The third-order valence-electron chi connectivity index (χ3n) is 1.49. The summed E-state index contributed by atoms with van der Waals surface area (Å²) in [5.74, 6) is -0.446. The van der Waals surface area contributed by atoms with E-state index in [2.05, 4.69) is 0 Å². The average molecular weight is 176 g/mol. The number of rotatable bonds is 2. The van der Waals surface area contributed by atoms with Crippen molar-refractivity contribution in [3.05, 3.63) is 0 Å². The molecule has 0 heterocycles. The molecule has 0 aliphatic heterocycles. The second kappa shape index (κ2) is 4.69. The lowest BCUT2D eigenvalue weighted by atomic mass is 10.3.